The average Bonchev–Trinajstić information content (AvgIpc) is 3.01. The van der Waals surface area contributed by atoms with Gasteiger partial charge in [-0.05, 0) is 48.0 Å². The first-order valence-corrected chi connectivity index (χ1v) is 9.64. The van der Waals surface area contributed by atoms with Gasteiger partial charge in [0, 0.05) is 16.7 Å². The number of allylic oxidation sites excluding steroid dienone is 1. The topological polar surface area (TPSA) is 52.6 Å². The van der Waals surface area contributed by atoms with E-state index in [4.69, 9.17) is 32.7 Å². The molecule has 0 radical (unpaired) electrons. The van der Waals surface area contributed by atoms with E-state index in [1.165, 1.54) is 42.5 Å². The molecule has 4 nitrogen and oxygen atoms in total. The van der Waals surface area contributed by atoms with Gasteiger partial charge < -0.3 is 9.47 Å². The number of halogens is 3. The molecule has 0 N–H and O–H groups in total. The molecule has 3 aromatic rings. The number of carbonyl (C=O) groups is 2. The van der Waals surface area contributed by atoms with Crippen molar-refractivity contribution in [2.45, 2.75) is 6.42 Å². The van der Waals surface area contributed by atoms with Crippen molar-refractivity contribution in [2.24, 2.45) is 0 Å². The van der Waals surface area contributed by atoms with E-state index in [0.29, 0.717) is 5.02 Å². The molecule has 0 saturated heterocycles. The molecule has 7 heteroatoms. The van der Waals surface area contributed by atoms with Gasteiger partial charge in [-0.2, -0.15) is 0 Å². The number of carbonyl (C=O) groups excluding carboxylic acids is 2. The number of fused-ring (bicyclic) bond motifs is 1. The maximum Gasteiger partial charge on any atom is 0.315 e. The van der Waals surface area contributed by atoms with Crippen LogP contribution in [-0.4, -0.2) is 11.8 Å². The maximum atomic E-state index is 14.0. The Hall–Kier alpha value is -3.15. The predicted octanol–water partition coefficient (Wildman–Crippen LogP) is 5.90. The lowest BCUT2D eigenvalue weighted by atomic mass is 10.1. The minimum Gasteiger partial charge on any atom is -0.452 e. The summed E-state index contributed by atoms with van der Waals surface area (Å²) in [5.74, 6) is -1.08. The molecule has 1 aliphatic heterocycles. The van der Waals surface area contributed by atoms with Crippen LogP contribution < -0.4 is 9.47 Å². The Labute approximate surface area is 181 Å². The summed E-state index contributed by atoms with van der Waals surface area (Å²) in [6.45, 7) is 0. The molecular weight excluding hydrogens is 430 g/mol. The van der Waals surface area contributed by atoms with Crippen molar-refractivity contribution in [1.29, 1.82) is 0 Å². The maximum absolute atomic E-state index is 14.0. The third kappa shape index (κ3) is 4.22. The molecule has 4 rings (SSSR count). The first kappa shape index (κ1) is 20.1. The first-order valence-electron chi connectivity index (χ1n) is 8.88. The van der Waals surface area contributed by atoms with Crippen molar-refractivity contribution < 1.29 is 23.5 Å². The first-order chi connectivity index (χ1) is 14.4. The van der Waals surface area contributed by atoms with Crippen LogP contribution in [0.2, 0.25) is 10.0 Å². The number of rotatable bonds is 4. The molecule has 1 heterocycles. The predicted molar refractivity (Wildman–Crippen MR) is 112 cm³/mol. The molecular formula is C23H13Cl2FO4. The van der Waals surface area contributed by atoms with Crippen molar-refractivity contribution in [3.63, 3.8) is 0 Å². The molecule has 0 amide bonds. The fourth-order valence-electron chi connectivity index (χ4n) is 2.95. The van der Waals surface area contributed by atoms with Crippen LogP contribution in [-0.2, 0) is 11.2 Å². The molecule has 0 aromatic heterocycles. The van der Waals surface area contributed by atoms with Crippen molar-refractivity contribution in [2.75, 3.05) is 0 Å². The summed E-state index contributed by atoms with van der Waals surface area (Å²) in [5.41, 5.74) is 1.10. The van der Waals surface area contributed by atoms with E-state index in [-0.39, 0.29) is 39.8 Å². The van der Waals surface area contributed by atoms with E-state index in [1.807, 2.05) is 0 Å². The highest BCUT2D eigenvalue weighted by molar-refractivity contribution is 6.32. The van der Waals surface area contributed by atoms with Crippen molar-refractivity contribution in [3.05, 3.63) is 99.0 Å². The number of hydrogen-bond acceptors (Lipinski definition) is 4. The second-order valence-corrected chi connectivity index (χ2v) is 7.35. The number of benzene rings is 3. The number of Topliss-reactive ketones (excluding diaryl/α,β-unsaturated/α-hetero) is 1. The van der Waals surface area contributed by atoms with Gasteiger partial charge >= 0.3 is 5.97 Å². The fraction of sp³-hybridized carbons (Fsp3) is 0.0435. The van der Waals surface area contributed by atoms with Gasteiger partial charge in [-0.25, -0.2) is 4.39 Å². The summed E-state index contributed by atoms with van der Waals surface area (Å²) >= 11 is 11.8. The lowest BCUT2D eigenvalue weighted by Crippen LogP contribution is -2.11. The molecule has 0 fully saturated rings. The van der Waals surface area contributed by atoms with Crippen LogP contribution in [0.3, 0.4) is 0 Å². The lowest BCUT2D eigenvalue weighted by Gasteiger charge is -2.06. The summed E-state index contributed by atoms with van der Waals surface area (Å²) in [5, 5.41) is 0.736. The Balaban J connectivity index is 1.51. The molecule has 0 unspecified atom stereocenters. The smallest absolute Gasteiger partial charge is 0.315 e. The number of esters is 1. The number of hydrogen-bond donors (Lipinski definition) is 0. The van der Waals surface area contributed by atoms with E-state index in [2.05, 4.69) is 0 Å². The largest absolute Gasteiger partial charge is 0.452 e. The fourth-order valence-corrected chi connectivity index (χ4v) is 3.29. The Kier molecular flexibility index (Phi) is 5.57. The van der Waals surface area contributed by atoms with Crippen LogP contribution >= 0.6 is 23.2 Å². The SMILES string of the molecule is O=C(Cc1ccc(Cl)cc1)Oc1ccc2c(c1)O/C(=C\c1c(F)cccc1Cl)C2=O. The summed E-state index contributed by atoms with van der Waals surface area (Å²) in [6, 6.07) is 15.5. The number of ketones is 1. The molecule has 150 valence electrons. The molecule has 30 heavy (non-hydrogen) atoms. The summed E-state index contributed by atoms with van der Waals surface area (Å²) in [4.78, 5) is 24.7. The summed E-state index contributed by atoms with van der Waals surface area (Å²) in [7, 11) is 0. The zero-order valence-electron chi connectivity index (χ0n) is 15.3. The standard InChI is InChI=1S/C23H13Cl2FO4/c24-14-6-4-13(5-7-14)10-22(27)29-15-8-9-16-20(11-15)30-21(23(16)28)12-17-18(25)2-1-3-19(17)26/h1-9,11-12H,10H2/b21-12-. The second-order valence-electron chi connectivity index (χ2n) is 6.51. The molecule has 0 aliphatic carbocycles. The zero-order chi connectivity index (χ0) is 21.3. The Morgan fingerprint density at radius 1 is 1.07 bits per heavy atom. The normalized spacial score (nSPS) is 13.8. The summed E-state index contributed by atoms with van der Waals surface area (Å²) in [6.07, 6.45) is 1.32. The van der Waals surface area contributed by atoms with Gasteiger partial charge in [-0.1, -0.05) is 41.4 Å². The van der Waals surface area contributed by atoms with Crippen LogP contribution in [0.5, 0.6) is 11.5 Å². The van der Waals surface area contributed by atoms with Crippen LogP contribution in [0.4, 0.5) is 4.39 Å². The Morgan fingerprint density at radius 3 is 2.57 bits per heavy atom. The highest BCUT2D eigenvalue weighted by Crippen LogP contribution is 2.36. The van der Waals surface area contributed by atoms with Gasteiger partial charge in [0.25, 0.3) is 0 Å². The van der Waals surface area contributed by atoms with Crippen molar-refractivity contribution in [3.8, 4) is 11.5 Å². The van der Waals surface area contributed by atoms with Gasteiger partial charge in [0.05, 0.1) is 17.0 Å². The van der Waals surface area contributed by atoms with Gasteiger partial charge in [-0.3, -0.25) is 9.59 Å². The third-order valence-corrected chi connectivity index (χ3v) is 4.99. The average molecular weight is 443 g/mol. The van der Waals surface area contributed by atoms with Crippen LogP contribution in [0, 0.1) is 5.82 Å². The van der Waals surface area contributed by atoms with E-state index >= 15 is 0 Å². The van der Waals surface area contributed by atoms with Crippen LogP contribution in [0.1, 0.15) is 21.5 Å². The third-order valence-electron chi connectivity index (χ3n) is 4.41. The second kappa shape index (κ2) is 8.30. The van der Waals surface area contributed by atoms with E-state index < -0.39 is 17.6 Å². The van der Waals surface area contributed by atoms with Gasteiger partial charge in [-0.15, -0.1) is 0 Å². The van der Waals surface area contributed by atoms with Gasteiger partial charge in [0.2, 0.25) is 5.78 Å². The Bertz CT molecular complexity index is 1170. The van der Waals surface area contributed by atoms with Crippen molar-refractivity contribution in [1.82, 2.24) is 0 Å². The van der Waals surface area contributed by atoms with Crippen molar-refractivity contribution >= 4 is 41.0 Å². The molecule has 0 spiro atoms. The quantitative estimate of drug-likeness (QED) is 0.286. The summed E-state index contributed by atoms with van der Waals surface area (Å²) < 4.78 is 24.9. The molecule has 0 saturated carbocycles. The van der Waals surface area contributed by atoms with Gasteiger partial charge in [0.15, 0.2) is 5.76 Å². The zero-order valence-corrected chi connectivity index (χ0v) is 16.8. The molecule has 1 aliphatic rings. The number of ether oxygens (including phenoxy) is 2. The monoisotopic (exact) mass is 442 g/mol. The van der Waals surface area contributed by atoms with E-state index in [1.54, 1.807) is 24.3 Å². The van der Waals surface area contributed by atoms with Crippen LogP contribution in [0.25, 0.3) is 6.08 Å². The Morgan fingerprint density at radius 2 is 1.83 bits per heavy atom. The van der Waals surface area contributed by atoms with E-state index in [9.17, 15) is 14.0 Å². The highest BCUT2D eigenvalue weighted by Gasteiger charge is 2.28. The van der Waals surface area contributed by atoms with Gasteiger partial charge in [0.1, 0.15) is 17.3 Å². The van der Waals surface area contributed by atoms with E-state index in [0.717, 1.165) is 5.56 Å². The highest BCUT2D eigenvalue weighted by atomic mass is 35.5. The minimum atomic E-state index is -0.570. The minimum absolute atomic E-state index is 0.0601. The van der Waals surface area contributed by atoms with Crippen LogP contribution in [0.15, 0.2) is 66.4 Å². The molecule has 0 atom stereocenters. The molecule has 0 bridgehead atoms. The molecule has 3 aromatic carbocycles. The lowest BCUT2D eigenvalue weighted by molar-refractivity contribution is -0.133.